The van der Waals surface area contributed by atoms with Gasteiger partial charge in [-0.1, -0.05) is 0 Å². The average Bonchev–Trinajstić information content (AvgIpc) is 2.33. The molecule has 0 aliphatic rings. The molecule has 0 aliphatic carbocycles. The highest BCUT2D eigenvalue weighted by Crippen LogP contribution is 2.28. The number of nitrogens with one attached hydrogen (secondary N) is 1. The highest BCUT2D eigenvalue weighted by atomic mass is 32.2. The highest BCUT2D eigenvalue weighted by Gasteiger charge is 2.19. The van der Waals surface area contributed by atoms with Crippen molar-refractivity contribution in [1.82, 2.24) is 0 Å². The Morgan fingerprint density at radius 2 is 1.95 bits per heavy atom. The van der Waals surface area contributed by atoms with E-state index in [1.54, 1.807) is 20.8 Å². The summed E-state index contributed by atoms with van der Waals surface area (Å²) in [6.45, 7) is 4.94. The van der Waals surface area contributed by atoms with Gasteiger partial charge < -0.3 is 14.6 Å². The van der Waals surface area contributed by atoms with Crippen LogP contribution in [-0.2, 0) is 14.6 Å². The fourth-order valence-corrected chi connectivity index (χ4v) is 2.18. The molecule has 2 N–H and O–H groups in total. The summed E-state index contributed by atoms with van der Waals surface area (Å²) in [5.74, 6) is 0.243. The number of ether oxygens (including phenoxy) is 2. The van der Waals surface area contributed by atoms with Gasteiger partial charge in [0.2, 0.25) is 0 Å². The number of carbonyl (C=O) groups is 1. The Morgan fingerprint density at radius 1 is 1.32 bits per heavy atom. The molecule has 124 valence electrons. The molecule has 1 aromatic carbocycles. The van der Waals surface area contributed by atoms with Gasteiger partial charge in [-0.25, -0.2) is 13.2 Å². The number of hydrogen-bond acceptors (Lipinski definition) is 6. The van der Waals surface area contributed by atoms with Gasteiger partial charge >= 0.3 is 6.09 Å². The molecule has 22 heavy (non-hydrogen) atoms. The van der Waals surface area contributed by atoms with Crippen LogP contribution in [0.3, 0.4) is 0 Å². The van der Waals surface area contributed by atoms with Gasteiger partial charge in [0.15, 0.2) is 9.84 Å². The summed E-state index contributed by atoms with van der Waals surface area (Å²) in [7, 11) is -3.43. The zero-order chi connectivity index (χ0) is 17.0. The number of amides is 1. The van der Waals surface area contributed by atoms with E-state index in [0.717, 1.165) is 6.26 Å². The molecule has 0 aromatic heterocycles. The molecule has 0 saturated heterocycles. The van der Waals surface area contributed by atoms with Crippen LogP contribution in [0.1, 0.15) is 20.8 Å². The molecule has 0 unspecified atom stereocenters. The topological polar surface area (TPSA) is 102 Å². The van der Waals surface area contributed by atoms with Gasteiger partial charge in [0, 0.05) is 6.26 Å². The number of anilines is 1. The summed E-state index contributed by atoms with van der Waals surface area (Å²) < 4.78 is 33.6. The van der Waals surface area contributed by atoms with E-state index in [1.807, 2.05) is 0 Å². The van der Waals surface area contributed by atoms with Crippen LogP contribution in [-0.4, -0.2) is 44.7 Å². The van der Waals surface area contributed by atoms with Crippen molar-refractivity contribution in [3.63, 3.8) is 0 Å². The predicted octanol–water partition coefficient (Wildman–Crippen LogP) is 1.81. The van der Waals surface area contributed by atoms with Crippen LogP contribution >= 0.6 is 0 Å². The van der Waals surface area contributed by atoms with E-state index in [1.165, 1.54) is 18.2 Å². The summed E-state index contributed by atoms with van der Waals surface area (Å²) in [5.41, 5.74) is -0.532. The Balaban J connectivity index is 3.08. The van der Waals surface area contributed by atoms with Gasteiger partial charge in [0.1, 0.15) is 18.0 Å². The van der Waals surface area contributed by atoms with Crippen LogP contribution < -0.4 is 10.1 Å². The lowest BCUT2D eigenvalue weighted by atomic mass is 10.2. The Morgan fingerprint density at radius 3 is 2.45 bits per heavy atom. The number of benzene rings is 1. The molecule has 7 nitrogen and oxygen atoms in total. The second kappa shape index (κ2) is 6.97. The molecule has 0 heterocycles. The van der Waals surface area contributed by atoms with Crippen molar-refractivity contribution in [2.45, 2.75) is 31.3 Å². The van der Waals surface area contributed by atoms with E-state index in [-0.39, 0.29) is 29.5 Å². The fraction of sp³-hybridized carbons (Fsp3) is 0.500. The first-order valence-corrected chi connectivity index (χ1v) is 8.50. The molecule has 0 saturated carbocycles. The van der Waals surface area contributed by atoms with E-state index in [9.17, 15) is 13.2 Å². The minimum Gasteiger partial charge on any atom is -0.489 e. The lowest BCUT2D eigenvalue weighted by Gasteiger charge is -2.20. The Hall–Kier alpha value is -1.80. The maximum Gasteiger partial charge on any atom is 0.412 e. The predicted molar refractivity (Wildman–Crippen MR) is 82.0 cm³/mol. The lowest BCUT2D eigenvalue weighted by molar-refractivity contribution is 0.0635. The molecule has 8 heteroatoms. The van der Waals surface area contributed by atoms with Crippen molar-refractivity contribution in [3.05, 3.63) is 18.2 Å². The second-order valence-corrected chi connectivity index (χ2v) is 7.64. The average molecular weight is 331 g/mol. The number of rotatable bonds is 5. The molecule has 1 amide bonds. The zero-order valence-corrected chi connectivity index (χ0v) is 13.9. The Kier molecular flexibility index (Phi) is 5.78. The summed E-state index contributed by atoms with van der Waals surface area (Å²) >= 11 is 0. The van der Waals surface area contributed by atoms with Crippen molar-refractivity contribution in [3.8, 4) is 5.75 Å². The molecule has 0 fully saturated rings. The van der Waals surface area contributed by atoms with Gasteiger partial charge in [-0.3, -0.25) is 5.32 Å². The van der Waals surface area contributed by atoms with E-state index < -0.39 is 21.5 Å². The maximum atomic E-state index is 11.8. The van der Waals surface area contributed by atoms with Crippen LogP contribution in [0.4, 0.5) is 10.5 Å². The van der Waals surface area contributed by atoms with Crippen LogP contribution in [0, 0.1) is 0 Å². The number of carbonyl (C=O) groups excluding carboxylic acids is 1. The standard InChI is InChI=1S/C14H21NO6S/c1-14(2,3)21-13(17)15-11-9-10(22(4,18)19)5-6-12(11)20-8-7-16/h5-6,9,16H,7-8H2,1-4H3,(H,15,17). The first kappa shape index (κ1) is 18.2. The van der Waals surface area contributed by atoms with E-state index in [2.05, 4.69) is 5.32 Å². The first-order chi connectivity index (χ1) is 10.0. The van der Waals surface area contributed by atoms with Gasteiger partial charge in [0.25, 0.3) is 0 Å². The first-order valence-electron chi connectivity index (χ1n) is 6.61. The number of sulfone groups is 1. The number of aliphatic hydroxyl groups is 1. The zero-order valence-electron chi connectivity index (χ0n) is 13.0. The molecular weight excluding hydrogens is 310 g/mol. The smallest absolute Gasteiger partial charge is 0.412 e. The third-order valence-corrected chi connectivity index (χ3v) is 3.47. The van der Waals surface area contributed by atoms with E-state index in [0.29, 0.717) is 0 Å². The summed E-state index contributed by atoms with van der Waals surface area (Å²) in [6, 6.07) is 4.06. The van der Waals surface area contributed by atoms with E-state index >= 15 is 0 Å². The minimum atomic E-state index is -3.43. The van der Waals surface area contributed by atoms with Crippen LogP contribution in [0.5, 0.6) is 5.75 Å². The lowest BCUT2D eigenvalue weighted by Crippen LogP contribution is -2.27. The molecular formula is C14H21NO6S. The van der Waals surface area contributed by atoms with Crippen LogP contribution in [0.2, 0.25) is 0 Å². The van der Waals surface area contributed by atoms with Gasteiger partial charge in [-0.05, 0) is 39.0 Å². The quantitative estimate of drug-likeness (QED) is 0.853. The molecule has 0 spiro atoms. The minimum absolute atomic E-state index is 0.0151. The van der Waals surface area contributed by atoms with Crippen molar-refractivity contribution in [2.75, 3.05) is 24.8 Å². The van der Waals surface area contributed by atoms with E-state index in [4.69, 9.17) is 14.6 Å². The Bertz CT molecular complexity index is 633. The normalized spacial score (nSPS) is 11.9. The van der Waals surface area contributed by atoms with Crippen molar-refractivity contribution in [1.29, 1.82) is 0 Å². The second-order valence-electron chi connectivity index (χ2n) is 5.63. The van der Waals surface area contributed by atoms with Gasteiger partial charge in [-0.2, -0.15) is 0 Å². The monoisotopic (exact) mass is 331 g/mol. The SMILES string of the molecule is CC(C)(C)OC(=O)Nc1cc(S(C)(=O)=O)ccc1OCCO. The molecule has 0 atom stereocenters. The van der Waals surface area contributed by atoms with Crippen molar-refractivity contribution < 1.29 is 27.8 Å². The molecule has 0 bridgehead atoms. The van der Waals surface area contributed by atoms with Crippen molar-refractivity contribution in [2.24, 2.45) is 0 Å². The largest absolute Gasteiger partial charge is 0.489 e. The third kappa shape index (κ3) is 5.90. The summed E-state index contributed by atoms with van der Waals surface area (Å²) in [6.07, 6.45) is 0.334. The van der Waals surface area contributed by atoms with Crippen LogP contribution in [0.15, 0.2) is 23.1 Å². The van der Waals surface area contributed by atoms with Gasteiger partial charge in [0.05, 0.1) is 17.2 Å². The molecule has 0 radical (unpaired) electrons. The highest BCUT2D eigenvalue weighted by molar-refractivity contribution is 7.90. The summed E-state index contributed by atoms with van der Waals surface area (Å²) in [5, 5.41) is 11.3. The number of hydrogen-bond donors (Lipinski definition) is 2. The third-order valence-electron chi connectivity index (χ3n) is 2.36. The van der Waals surface area contributed by atoms with Crippen molar-refractivity contribution >= 4 is 21.6 Å². The molecule has 0 aliphatic heterocycles. The summed E-state index contributed by atoms with van der Waals surface area (Å²) in [4.78, 5) is 11.9. The number of aliphatic hydroxyl groups excluding tert-OH is 1. The molecule has 1 aromatic rings. The fourth-order valence-electron chi connectivity index (χ4n) is 1.53. The molecule has 1 rings (SSSR count). The Labute approximate surface area is 130 Å². The maximum absolute atomic E-state index is 11.8. The van der Waals surface area contributed by atoms with Crippen LogP contribution in [0.25, 0.3) is 0 Å². The van der Waals surface area contributed by atoms with Gasteiger partial charge in [-0.15, -0.1) is 0 Å².